The molecule has 7 aliphatic heterocycles. The zero-order chi connectivity index (χ0) is 101. The van der Waals surface area contributed by atoms with Crippen molar-refractivity contribution < 1.29 is 176 Å². The van der Waals surface area contributed by atoms with Crippen molar-refractivity contribution in [2.24, 2.45) is 46.4 Å². The maximum Gasteiger partial charge on any atom is 0.407 e. The van der Waals surface area contributed by atoms with Gasteiger partial charge in [-0.15, -0.1) is 0 Å². The fraction of sp³-hybridized carbons (Fsp3) is 0.698. The number of nitrogens with two attached hydrogens (primary N) is 5. The Labute approximate surface area is 814 Å². The number of benzene rings is 4. The van der Waals surface area contributed by atoms with E-state index in [1.807, 2.05) is 60.7 Å². The van der Waals surface area contributed by atoms with Crippen molar-refractivity contribution in [1.82, 2.24) is 21.3 Å². The highest BCUT2D eigenvalue weighted by atomic mass is 16.8. The lowest BCUT2D eigenvalue weighted by Gasteiger charge is -2.49. The number of alkyl carbamates (subject to hydrolysis) is 3. The van der Waals surface area contributed by atoms with Gasteiger partial charge in [-0.2, -0.15) is 0 Å². The Morgan fingerprint density at radius 1 is 0.433 bits per heavy atom. The highest BCUT2D eigenvalue weighted by Gasteiger charge is 2.61. The number of rotatable bonds is 39. The van der Waals surface area contributed by atoms with Crippen LogP contribution >= 0.6 is 0 Å². The molecule has 786 valence electrons. The van der Waals surface area contributed by atoms with Gasteiger partial charge in [-0.1, -0.05) is 128 Å². The third-order valence-corrected chi connectivity index (χ3v) is 28.6. The molecule has 0 bridgehead atoms. The molecule has 45 heteroatoms. The third kappa shape index (κ3) is 27.2. The number of ketones is 2. The van der Waals surface area contributed by atoms with Crippen LogP contribution in [-0.2, 0) is 105 Å². The van der Waals surface area contributed by atoms with Gasteiger partial charge in [0.05, 0.1) is 92.9 Å². The predicted octanol–water partition coefficient (Wildman–Crippen LogP) is -3.89. The molecule has 4 aromatic carbocycles. The second-order valence-electron chi connectivity index (χ2n) is 38.9. The van der Waals surface area contributed by atoms with Crippen LogP contribution in [0.15, 0.2) is 121 Å². The van der Waals surface area contributed by atoms with E-state index in [2.05, 4.69) is 21.3 Å². The molecule has 3 amide bonds. The number of hydrogen-bond acceptors (Lipinski definition) is 42. The lowest BCUT2D eigenvalue weighted by molar-refractivity contribution is -0.311. The maximum absolute atomic E-state index is 14.2. The number of unbranched alkanes of at least 4 members (excludes halogenated alkanes) is 1. The number of fused-ring (bicyclic) bond motifs is 1. The molecule has 11 fully saturated rings. The monoisotopic (exact) mass is 2000 g/mol. The quantitative estimate of drug-likeness (QED) is 0.0150. The van der Waals surface area contributed by atoms with Crippen LogP contribution < -0.4 is 49.9 Å². The van der Waals surface area contributed by atoms with Gasteiger partial charge in [0.25, 0.3) is 0 Å². The summed E-state index contributed by atoms with van der Waals surface area (Å²) in [4.78, 5) is 67.2. The summed E-state index contributed by atoms with van der Waals surface area (Å²) in [6, 6.07) is 30.1. The topological polar surface area (TPSA) is 715 Å². The van der Waals surface area contributed by atoms with E-state index in [1.165, 1.54) is 0 Å². The Hall–Kier alpha value is -7.33. The minimum atomic E-state index is -1.86. The molecule has 1 unspecified atom stereocenters. The number of aliphatic hydroxyl groups excluding tert-OH is 13. The van der Waals surface area contributed by atoms with Crippen LogP contribution in [0.1, 0.15) is 132 Å². The van der Waals surface area contributed by atoms with Crippen LogP contribution in [-0.4, -0.2) is 378 Å². The summed E-state index contributed by atoms with van der Waals surface area (Å²) in [7, 11) is 0. The Balaban J connectivity index is 0.000000258. The average molecular weight is 2000 g/mol. The first-order valence-corrected chi connectivity index (χ1v) is 48.7. The van der Waals surface area contributed by atoms with Gasteiger partial charge in [-0.25, -0.2) is 14.4 Å². The van der Waals surface area contributed by atoms with Gasteiger partial charge in [-0.05, 0) is 104 Å². The van der Waals surface area contributed by atoms with Gasteiger partial charge in [0, 0.05) is 76.5 Å². The minimum Gasteiger partial charge on any atom is -0.445 e. The van der Waals surface area contributed by atoms with Gasteiger partial charge in [-0.3, -0.25) is 9.59 Å². The van der Waals surface area contributed by atoms with Crippen LogP contribution in [0.25, 0.3) is 0 Å². The second kappa shape index (κ2) is 50.4. The predicted molar refractivity (Wildman–Crippen MR) is 487 cm³/mol. The molecule has 4 aliphatic carbocycles. The molecule has 15 rings (SSSR count). The van der Waals surface area contributed by atoms with E-state index in [-0.39, 0.29) is 123 Å². The van der Waals surface area contributed by atoms with Crippen molar-refractivity contribution in [3.05, 3.63) is 144 Å². The van der Waals surface area contributed by atoms with E-state index >= 15 is 0 Å². The van der Waals surface area contributed by atoms with Crippen LogP contribution in [0.4, 0.5) is 14.4 Å². The fourth-order valence-electron chi connectivity index (χ4n) is 20.6. The van der Waals surface area contributed by atoms with E-state index in [0.717, 1.165) is 11.1 Å². The Kier molecular flexibility index (Phi) is 39.1. The summed E-state index contributed by atoms with van der Waals surface area (Å²) in [5.74, 6) is -3.53. The largest absolute Gasteiger partial charge is 0.445 e. The molecular formula is C96H141N9O36. The number of Topliss-reactive ketones (excluding diaryl/α,β-unsaturated/α-hetero) is 2. The fourth-order valence-corrected chi connectivity index (χ4v) is 20.6. The molecular weight excluding hydrogens is 1860 g/mol. The first kappa shape index (κ1) is 109. The smallest absolute Gasteiger partial charge is 0.407 e. The summed E-state index contributed by atoms with van der Waals surface area (Å²) in [5, 5.41) is 176. The molecule has 0 aromatic heterocycles. The number of carbonyl (C=O) groups is 5. The lowest BCUT2D eigenvalue weighted by Crippen LogP contribution is -2.66. The molecule has 141 heavy (non-hydrogen) atoms. The molecule has 11 aliphatic rings. The number of carbonyl (C=O) groups excluding carboxylic acids is 5. The number of hydrogen-bond donors (Lipinski definition) is 24. The molecule has 0 spiro atoms. The maximum atomic E-state index is 14.2. The summed E-state index contributed by atoms with van der Waals surface area (Å²) >= 11 is 0. The highest BCUT2D eigenvalue weighted by Crippen LogP contribution is 2.47. The van der Waals surface area contributed by atoms with E-state index < -0.39 is 286 Å². The van der Waals surface area contributed by atoms with Crippen molar-refractivity contribution in [3.8, 4) is 0 Å². The highest BCUT2D eigenvalue weighted by molar-refractivity contribution is 5.89. The van der Waals surface area contributed by atoms with Crippen molar-refractivity contribution in [2.75, 3.05) is 46.1 Å². The van der Waals surface area contributed by atoms with Crippen molar-refractivity contribution in [1.29, 1.82) is 0 Å². The van der Waals surface area contributed by atoms with Gasteiger partial charge in [0.15, 0.2) is 49.3 Å². The van der Waals surface area contributed by atoms with Gasteiger partial charge >= 0.3 is 18.3 Å². The molecule has 37 atom stereocenters. The summed E-state index contributed by atoms with van der Waals surface area (Å²) in [6.45, 7) is 0.148. The van der Waals surface area contributed by atoms with Crippen molar-refractivity contribution in [3.63, 3.8) is 0 Å². The van der Waals surface area contributed by atoms with E-state index in [1.54, 1.807) is 67.6 Å². The molecule has 4 saturated carbocycles. The van der Waals surface area contributed by atoms with Gasteiger partial charge < -0.3 is 202 Å². The third-order valence-electron chi connectivity index (χ3n) is 28.6. The SMILES string of the molecule is C[C@H]1C[C@@H](CC(=O)C2(O)CC(NC(=O)OCc3ccccc3)C2)[C@H](O)[C@@H](O[C@@H]2O[C@H](CO)[C@@H](O[C@H]3O[C@H]4CCC(c5ccccc5)O[C@H]4[C@H](O)[C@H]3NC(=O)OCc3ccccc3)[C@H]2O)[C@@H]1O[C@H]1O[C@H](CCCCO)[C@@H](O)C[C@H]1NC(=O)OCc1ccccc1.NC[C@@H]1O[C@H](O[C@H]2[C@@H](O)[C@H](O[C@@H]3[C@@H](O)[C@H](CC(=O)C4(O)CC(N)C4)C[C@H](N)[C@H]3O[C@H]3O[C@H](CNCCO)[C@@H](O)C[C@H]3N)O[C@@H]2CO)[C@H](N)[C@@H](O)[C@@H]1O. The average Bonchev–Trinajstić information content (AvgIpc) is 1.71. The Morgan fingerprint density at radius 3 is 1.46 bits per heavy atom. The zero-order valence-corrected chi connectivity index (χ0v) is 78.4. The molecule has 7 heterocycles. The minimum absolute atomic E-state index is 0.0157. The summed E-state index contributed by atoms with van der Waals surface area (Å²) in [5.41, 5.74) is 30.0. The van der Waals surface area contributed by atoms with Crippen LogP contribution in [0.5, 0.6) is 0 Å². The molecule has 7 saturated heterocycles. The van der Waals surface area contributed by atoms with Gasteiger partial charge in [0.1, 0.15) is 123 Å². The van der Waals surface area contributed by atoms with Crippen LogP contribution in [0.3, 0.4) is 0 Å². The standard InChI is InChI=1S/C65H83N3O21.C31H58N6O15/c1-37-28-42(29-50(72)65(79)31-43(32-65)66-62(76)80-34-38-16-6-2-7-17-38)52(73)58(55(37)87-59-44(30-45(71)47(84-59)24-14-15-27-69)67-63(77)81-35-39-18-8-3-9-19-39)89-61-54(75)57(49(33-70)86-61)88-60-51(68-64(78)82-36-40-20-10-4-11-21-40)53(74)56-48(85-60)26-25-46(83-56)41-22-12-5-13-23-41;32-8-16-22(43)23(44)20(36)29(47-16)51-26-18(10-39)49-30(24(26)45)52-27-21(42)11(4-19(41)31(46)6-12(33)7-31)3-13(34)25(27)50-28-14(35)5-15(40)17(48-28)9-37-1-2-38/h2-13,16-23,37,42-49,51-61,69-71,73-75,79H,14-15,24-36H2,1H3,(H,66,76)(H,67,77)(H,68,78);11-18,20-30,37-40,42-46H,1-10,32-36H2/t37-,42-,43?,44+,45-,46?,47+,48-,49+,51+,52-,53+,54+,55+,56+,57+,58+,59+,60+,61-,65?;11-,12?,13-,14+,15-,16-,17+,18+,20+,21-,22+,23+,24+,25+,26+,27+,28+,29+,30-,31?/m00/s1. The van der Waals surface area contributed by atoms with E-state index in [0.29, 0.717) is 43.2 Å². The summed E-state index contributed by atoms with van der Waals surface area (Å²) in [6.07, 6.45) is -38.3. The Bertz CT molecular complexity index is 4540. The van der Waals surface area contributed by atoms with Gasteiger partial charge in [0.2, 0.25) is 0 Å². The molecule has 45 nitrogen and oxygen atoms in total. The number of amides is 3. The first-order valence-electron chi connectivity index (χ1n) is 48.7. The molecule has 29 N–H and O–H groups in total. The second-order valence-corrected chi connectivity index (χ2v) is 38.9. The van der Waals surface area contributed by atoms with Crippen molar-refractivity contribution in [2.45, 2.75) is 355 Å². The zero-order valence-electron chi connectivity index (χ0n) is 78.4. The summed E-state index contributed by atoms with van der Waals surface area (Å²) < 4.78 is 98.0. The number of nitrogens with one attached hydrogen (secondary N) is 4. The van der Waals surface area contributed by atoms with E-state index in [4.69, 9.17) is 110 Å². The lowest BCUT2D eigenvalue weighted by atomic mass is 9.68. The first-order chi connectivity index (χ1) is 67.7. The van der Waals surface area contributed by atoms with Crippen LogP contribution in [0, 0.1) is 17.8 Å². The van der Waals surface area contributed by atoms with E-state index in [9.17, 15) is 95.5 Å². The van der Waals surface area contributed by atoms with Crippen LogP contribution in [0.2, 0.25) is 0 Å². The molecule has 4 aromatic rings. The molecule has 0 radical (unpaired) electrons. The number of ether oxygens (including phenoxy) is 16. The normalized spacial score (nSPS) is 40.5. The number of aliphatic hydroxyl groups is 15. The Morgan fingerprint density at radius 2 is 0.915 bits per heavy atom. The van der Waals surface area contributed by atoms with Crippen molar-refractivity contribution >= 4 is 29.8 Å².